The van der Waals surface area contributed by atoms with Crippen molar-refractivity contribution in [1.29, 1.82) is 0 Å². The van der Waals surface area contributed by atoms with Gasteiger partial charge in [-0.1, -0.05) is 13.3 Å². The molecule has 0 spiro atoms. The summed E-state index contributed by atoms with van der Waals surface area (Å²) >= 11 is 0. The van der Waals surface area contributed by atoms with Crippen molar-refractivity contribution in [1.82, 2.24) is 4.90 Å². The highest BCUT2D eigenvalue weighted by atomic mass is 32.2. The van der Waals surface area contributed by atoms with Crippen molar-refractivity contribution in [3.8, 4) is 11.5 Å². The molecule has 1 aliphatic heterocycles. The molecule has 1 atom stereocenters. The summed E-state index contributed by atoms with van der Waals surface area (Å²) in [6, 6.07) is 2.76. The number of ether oxygens (including phenoxy) is 2. The van der Waals surface area contributed by atoms with Gasteiger partial charge >= 0.3 is 13.2 Å². The van der Waals surface area contributed by atoms with Crippen LogP contribution in [0.2, 0.25) is 0 Å². The maximum atomic E-state index is 12.7. The average molecular weight is 453 g/mol. The lowest BCUT2D eigenvalue weighted by atomic mass is 10.1. The van der Waals surface area contributed by atoms with E-state index >= 15 is 0 Å². The molecule has 168 valence electrons. The molecule has 1 aromatic rings. The molecule has 2 rings (SSSR count). The van der Waals surface area contributed by atoms with Crippen molar-refractivity contribution in [2.45, 2.75) is 45.5 Å². The summed E-state index contributed by atoms with van der Waals surface area (Å²) in [7, 11) is -3.20. The molecule has 1 unspecified atom stereocenters. The minimum Gasteiger partial charge on any atom is -0.435 e. The summed E-state index contributed by atoms with van der Waals surface area (Å²) in [5.74, 6) is -1.38. The second-order valence-electron chi connectivity index (χ2n) is 6.73. The van der Waals surface area contributed by atoms with E-state index in [-0.39, 0.29) is 22.8 Å². The molecule has 1 aliphatic rings. The number of nitrogens with zero attached hydrogens (tertiary/aromatic N) is 1. The molecule has 0 aliphatic carbocycles. The van der Waals surface area contributed by atoms with E-state index < -0.39 is 40.8 Å². The molecule has 6 nitrogen and oxygen atoms in total. The van der Waals surface area contributed by atoms with E-state index in [1.165, 1.54) is 17.0 Å². The van der Waals surface area contributed by atoms with Gasteiger partial charge in [0.2, 0.25) is 5.91 Å². The molecule has 30 heavy (non-hydrogen) atoms. The maximum Gasteiger partial charge on any atom is 0.387 e. The number of unbranched alkanes of at least 4 members (excludes halogenated alkanes) is 1. The van der Waals surface area contributed by atoms with Crippen molar-refractivity contribution in [3.05, 3.63) is 29.8 Å². The lowest BCUT2D eigenvalue weighted by Crippen LogP contribution is -2.40. The van der Waals surface area contributed by atoms with Gasteiger partial charge in [-0.05, 0) is 31.1 Å². The van der Waals surface area contributed by atoms with Gasteiger partial charge in [-0.25, -0.2) is 8.42 Å². The van der Waals surface area contributed by atoms with E-state index in [4.69, 9.17) is 0 Å². The van der Waals surface area contributed by atoms with Crippen LogP contribution in [0.5, 0.6) is 11.5 Å². The summed E-state index contributed by atoms with van der Waals surface area (Å²) in [4.78, 5) is 14.2. The van der Waals surface area contributed by atoms with Gasteiger partial charge in [0.05, 0.1) is 11.5 Å². The second-order valence-corrected chi connectivity index (χ2v) is 8.96. The summed E-state index contributed by atoms with van der Waals surface area (Å²) in [5.41, 5.74) is 0.0553. The number of rotatable bonds is 10. The minimum atomic E-state index is -3.21. The molecular weight excluding hydrogens is 430 g/mol. The maximum absolute atomic E-state index is 12.7. The van der Waals surface area contributed by atoms with Gasteiger partial charge in [-0.3, -0.25) is 4.79 Å². The van der Waals surface area contributed by atoms with Gasteiger partial charge in [0, 0.05) is 30.3 Å². The first kappa shape index (κ1) is 24.0. The number of amides is 1. The smallest absolute Gasteiger partial charge is 0.387 e. The molecule has 0 N–H and O–H groups in total. The lowest BCUT2D eigenvalue weighted by Gasteiger charge is -2.27. The van der Waals surface area contributed by atoms with Crippen LogP contribution >= 0.6 is 0 Å². The molecule has 0 aromatic heterocycles. The third-order valence-corrected chi connectivity index (χ3v) is 6.27. The summed E-state index contributed by atoms with van der Waals surface area (Å²) in [6.07, 6.45) is 4.15. The fourth-order valence-electron chi connectivity index (χ4n) is 3.11. The summed E-state index contributed by atoms with van der Waals surface area (Å²) in [6.45, 7) is -4.05. The fraction of sp³-hybridized carbons (Fsp3) is 0.526. The van der Waals surface area contributed by atoms with Crippen LogP contribution in [0, 0.1) is 0 Å². The van der Waals surface area contributed by atoms with Gasteiger partial charge in [0.1, 0.15) is 11.5 Å². The Labute approximate surface area is 172 Å². The molecule has 1 aromatic carbocycles. The molecular formula is C19H23F4NO5S. The van der Waals surface area contributed by atoms with Gasteiger partial charge < -0.3 is 14.4 Å². The van der Waals surface area contributed by atoms with Crippen LogP contribution in [-0.4, -0.2) is 56.5 Å². The number of carbonyl (C=O) groups excluding carboxylic acids is 1. The minimum absolute atomic E-state index is 0.00919. The largest absolute Gasteiger partial charge is 0.435 e. The molecule has 1 saturated heterocycles. The van der Waals surface area contributed by atoms with Gasteiger partial charge in [0.25, 0.3) is 0 Å². The van der Waals surface area contributed by atoms with Crippen LogP contribution in [0.15, 0.2) is 24.3 Å². The van der Waals surface area contributed by atoms with Gasteiger partial charge in [-0.15, -0.1) is 0 Å². The Morgan fingerprint density at radius 2 is 1.93 bits per heavy atom. The van der Waals surface area contributed by atoms with Gasteiger partial charge in [0.15, 0.2) is 9.84 Å². The van der Waals surface area contributed by atoms with Crippen LogP contribution in [0.1, 0.15) is 31.7 Å². The van der Waals surface area contributed by atoms with E-state index in [1.54, 1.807) is 0 Å². The van der Waals surface area contributed by atoms with Crippen molar-refractivity contribution < 1.29 is 40.2 Å². The molecule has 1 amide bonds. The summed E-state index contributed by atoms with van der Waals surface area (Å²) in [5, 5.41) is 0. The van der Waals surface area contributed by atoms with Crippen LogP contribution in [0.25, 0.3) is 6.08 Å². The Morgan fingerprint density at radius 3 is 2.50 bits per heavy atom. The van der Waals surface area contributed by atoms with E-state index in [2.05, 4.69) is 9.47 Å². The fourth-order valence-corrected chi connectivity index (χ4v) is 4.84. The number of carbonyl (C=O) groups is 1. The predicted molar refractivity (Wildman–Crippen MR) is 102 cm³/mol. The SMILES string of the molecule is CCCCN(C(=O)/C=C/c1ccc(OC(F)F)cc1OC(F)F)C1CCS(=O)(=O)C1. The van der Waals surface area contributed by atoms with Crippen molar-refractivity contribution in [2.24, 2.45) is 0 Å². The number of halogens is 4. The first-order chi connectivity index (χ1) is 14.1. The van der Waals surface area contributed by atoms with Crippen LogP contribution in [-0.2, 0) is 14.6 Å². The first-order valence-electron chi connectivity index (χ1n) is 9.34. The molecule has 0 radical (unpaired) electrons. The van der Waals surface area contributed by atoms with Gasteiger partial charge in [-0.2, -0.15) is 17.6 Å². The van der Waals surface area contributed by atoms with E-state index in [0.717, 1.165) is 24.6 Å². The number of hydrogen-bond donors (Lipinski definition) is 0. The Kier molecular flexibility index (Phi) is 8.51. The number of alkyl halides is 4. The van der Waals surface area contributed by atoms with Crippen molar-refractivity contribution >= 4 is 21.8 Å². The Morgan fingerprint density at radius 1 is 1.23 bits per heavy atom. The Hall–Kier alpha value is -2.30. The van der Waals surface area contributed by atoms with E-state index in [0.29, 0.717) is 19.4 Å². The zero-order valence-corrected chi connectivity index (χ0v) is 17.1. The molecule has 0 saturated carbocycles. The highest BCUT2D eigenvalue weighted by Crippen LogP contribution is 2.29. The zero-order valence-electron chi connectivity index (χ0n) is 16.3. The lowest BCUT2D eigenvalue weighted by molar-refractivity contribution is -0.127. The first-order valence-corrected chi connectivity index (χ1v) is 11.2. The standard InChI is InChI=1S/C19H23F4NO5S/c1-2-3-9-24(14-8-10-30(26,27)12-14)17(25)7-5-13-4-6-15(28-18(20)21)11-16(13)29-19(22)23/h4-7,11,14,18-19H,2-3,8-10,12H2,1H3/b7-5+. The topological polar surface area (TPSA) is 72.9 Å². The molecule has 11 heteroatoms. The second kappa shape index (κ2) is 10.6. The molecule has 0 bridgehead atoms. The number of hydrogen-bond acceptors (Lipinski definition) is 5. The number of sulfone groups is 1. The van der Waals surface area contributed by atoms with Crippen LogP contribution in [0.4, 0.5) is 17.6 Å². The molecule has 1 heterocycles. The average Bonchev–Trinajstić information content (AvgIpc) is 3.00. The quantitative estimate of drug-likeness (QED) is 0.399. The highest BCUT2D eigenvalue weighted by Gasteiger charge is 2.33. The predicted octanol–water partition coefficient (Wildman–Crippen LogP) is 3.72. The normalized spacial score (nSPS) is 18.3. The Bertz CT molecular complexity index is 860. The third-order valence-electron chi connectivity index (χ3n) is 4.52. The molecule has 1 fully saturated rings. The third kappa shape index (κ3) is 7.19. The van der Waals surface area contributed by atoms with Crippen LogP contribution < -0.4 is 9.47 Å². The van der Waals surface area contributed by atoms with Crippen molar-refractivity contribution in [2.75, 3.05) is 18.1 Å². The Balaban J connectivity index is 2.22. The van der Waals surface area contributed by atoms with Crippen molar-refractivity contribution in [3.63, 3.8) is 0 Å². The highest BCUT2D eigenvalue weighted by molar-refractivity contribution is 7.91. The zero-order chi connectivity index (χ0) is 22.3. The summed E-state index contributed by atoms with van der Waals surface area (Å²) < 4.78 is 82.1. The monoisotopic (exact) mass is 453 g/mol. The number of benzene rings is 1. The van der Waals surface area contributed by atoms with E-state index in [1.807, 2.05) is 6.92 Å². The van der Waals surface area contributed by atoms with Crippen LogP contribution in [0.3, 0.4) is 0 Å². The van der Waals surface area contributed by atoms with E-state index in [9.17, 15) is 30.8 Å².